The van der Waals surface area contributed by atoms with E-state index < -0.39 is 0 Å². The molecule has 4 heterocycles. The molecular weight excluding hydrogens is 348 g/mol. The van der Waals surface area contributed by atoms with E-state index in [-0.39, 0.29) is 36.2 Å². The van der Waals surface area contributed by atoms with E-state index in [1.807, 2.05) is 6.92 Å². The number of hydrogen-bond acceptors (Lipinski definition) is 5. The molecule has 146 valence electrons. The average molecular weight is 374 g/mol. The molecular formula is C19H26N4O4. The Morgan fingerprint density at radius 3 is 2.78 bits per heavy atom. The number of likely N-dealkylation sites (N-methyl/N-ethyl adjacent to an activating group) is 1. The van der Waals surface area contributed by atoms with Crippen molar-refractivity contribution in [3.63, 3.8) is 0 Å². The molecule has 0 unspecified atom stereocenters. The van der Waals surface area contributed by atoms with Crippen LogP contribution in [0.1, 0.15) is 30.1 Å². The number of pyridine rings is 1. The van der Waals surface area contributed by atoms with Crippen LogP contribution in [0, 0.1) is 5.92 Å². The highest BCUT2D eigenvalue weighted by atomic mass is 16.5. The Morgan fingerprint density at radius 1 is 1.30 bits per heavy atom. The molecule has 2 bridgehead atoms. The molecule has 0 aliphatic carbocycles. The molecule has 3 aliphatic rings. The predicted molar refractivity (Wildman–Crippen MR) is 98.2 cm³/mol. The second-order valence-corrected chi connectivity index (χ2v) is 7.18. The van der Waals surface area contributed by atoms with Crippen LogP contribution in [-0.2, 0) is 9.59 Å². The van der Waals surface area contributed by atoms with Gasteiger partial charge in [0.2, 0.25) is 17.7 Å². The molecule has 0 aromatic carbocycles. The molecule has 4 rings (SSSR count). The number of aromatic nitrogens is 1. The maximum Gasteiger partial charge on any atom is 0.259 e. The monoisotopic (exact) mass is 374 g/mol. The smallest absolute Gasteiger partial charge is 0.259 e. The lowest BCUT2D eigenvalue weighted by Crippen LogP contribution is -2.51. The first-order chi connectivity index (χ1) is 12.9. The van der Waals surface area contributed by atoms with Crippen LogP contribution in [0.25, 0.3) is 0 Å². The third-order valence-corrected chi connectivity index (χ3v) is 5.17. The van der Waals surface area contributed by atoms with Crippen molar-refractivity contribution < 1.29 is 19.1 Å². The zero-order chi connectivity index (χ0) is 19.6. The maximum atomic E-state index is 13.1. The first-order valence-electron chi connectivity index (χ1n) is 9.30. The number of piperidine rings is 1. The molecule has 0 radical (unpaired) electrons. The van der Waals surface area contributed by atoms with E-state index in [1.54, 1.807) is 42.2 Å². The van der Waals surface area contributed by atoms with Crippen LogP contribution < -0.4 is 4.74 Å². The normalized spacial score (nSPS) is 21.8. The van der Waals surface area contributed by atoms with Crippen LogP contribution in [0.2, 0.25) is 0 Å². The van der Waals surface area contributed by atoms with Crippen molar-refractivity contribution in [3.05, 3.63) is 23.9 Å². The van der Waals surface area contributed by atoms with Gasteiger partial charge in [-0.1, -0.05) is 0 Å². The van der Waals surface area contributed by atoms with Gasteiger partial charge in [-0.25, -0.2) is 4.98 Å². The van der Waals surface area contributed by atoms with Crippen molar-refractivity contribution in [3.8, 4) is 5.88 Å². The fraction of sp³-hybridized carbons (Fsp3) is 0.579. The summed E-state index contributed by atoms with van der Waals surface area (Å²) in [7, 11) is 3.35. The Balaban J connectivity index is 1.81. The lowest BCUT2D eigenvalue weighted by Gasteiger charge is -2.35. The van der Waals surface area contributed by atoms with Gasteiger partial charge in [0.1, 0.15) is 12.1 Å². The summed E-state index contributed by atoms with van der Waals surface area (Å²) in [5, 5.41) is 0. The molecule has 0 N–H and O–H groups in total. The molecule has 8 nitrogen and oxygen atoms in total. The van der Waals surface area contributed by atoms with Gasteiger partial charge in [0, 0.05) is 39.4 Å². The summed E-state index contributed by atoms with van der Waals surface area (Å²) >= 11 is 0. The maximum absolute atomic E-state index is 13.1. The number of fused-ring (bicyclic) bond motifs is 4. The molecule has 0 saturated carbocycles. The lowest BCUT2D eigenvalue weighted by atomic mass is 9.94. The first-order valence-corrected chi connectivity index (χ1v) is 9.30. The minimum absolute atomic E-state index is 0.0343. The molecule has 3 saturated heterocycles. The molecule has 1 aromatic rings. The summed E-state index contributed by atoms with van der Waals surface area (Å²) in [6.45, 7) is 3.10. The fourth-order valence-corrected chi connectivity index (χ4v) is 3.68. The van der Waals surface area contributed by atoms with Crippen LogP contribution in [-0.4, -0.2) is 83.8 Å². The highest BCUT2D eigenvalue weighted by Crippen LogP contribution is 2.30. The predicted octanol–water partition coefficient (Wildman–Crippen LogP) is 0.632. The second-order valence-electron chi connectivity index (χ2n) is 7.18. The van der Waals surface area contributed by atoms with Crippen molar-refractivity contribution in [2.24, 2.45) is 5.92 Å². The van der Waals surface area contributed by atoms with Crippen molar-refractivity contribution in [1.82, 2.24) is 19.7 Å². The van der Waals surface area contributed by atoms with Crippen LogP contribution in [0.3, 0.4) is 0 Å². The highest BCUT2D eigenvalue weighted by molar-refractivity contribution is 5.97. The third kappa shape index (κ3) is 3.89. The minimum atomic E-state index is -0.269. The van der Waals surface area contributed by atoms with E-state index >= 15 is 0 Å². The number of carbonyl (C=O) groups excluding carboxylic acids is 3. The van der Waals surface area contributed by atoms with Gasteiger partial charge in [0.05, 0.1) is 12.5 Å². The van der Waals surface area contributed by atoms with Crippen LogP contribution >= 0.6 is 0 Å². The van der Waals surface area contributed by atoms with E-state index in [1.165, 1.54) is 4.90 Å². The molecule has 0 spiro atoms. The van der Waals surface area contributed by atoms with Crippen LogP contribution in [0.5, 0.6) is 5.88 Å². The van der Waals surface area contributed by atoms with Gasteiger partial charge in [-0.15, -0.1) is 0 Å². The number of amides is 3. The Kier molecular flexibility index (Phi) is 5.62. The Hall–Kier alpha value is -2.64. The Labute approximate surface area is 159 Å². The van der Waals surface area contributed by atoms with Crippen molar-refractivity contribution >= 4 is 17.7 Å². The topological polar surface area (TPSA) is 83.1 Å². The summed E-state index contributed by atoms with van der Waals surface area (Å²) < 4.78 is 5.48. The molecule has 3 aliphatic heterocycles. The summed E-state index contributed by atoms with van der Waals surface area (Å²) in [5.41, 5.74) is 0.406. The zero-order valence-electron chi connectivity index (χ0n) is 16.1. The van der Waals surface area contributed by atoms with Gasteiger partial charge < -0.3 is 19.4 Å². The SMILES string of the molecule is CCOc1ncccc1C(=O)N1C[C@@H]2CC[C@H](C1)N(CC(=O)N(C)C)C2=O. The molecule has 3 amide bonds. The zero-order valence-corrected chi connectivity index (χ0v) is 16.1. The highest BCUT2D eigenvalue weighted by Gasteiger charge is 2.43. The van der Waals surface area contributed by atoms with Gasteiger partial charge in [0.15, 0.2) is 0 Å². The Morgan fingerprint density at radius 2 is 2.07 bits per heavy atom. The number of nitrogens with zero attached hydrogens (tertiary/aromatic N) is 4. The number of rotatable bonds is 5. The fourth-order valence-electron chi connectivity index (χ4n) is 3.68. The molecule has 8 heteroatoms. The van der Waals surface area contributed by atoms with Gasteiger partial charge in [-0.2, -0.15) is 0 Å². The van der Waals surface area contributed by atoms with Gasteiger partial charge >= 0.3 is 0 Å². The first kappa shape index (κ1) is 19.1. The quantitative estimate of drug-likeness (QED) is 0.755. The van der Waals surface area contributed by atoms with Crippen LogP contribution in [0.4, 0.5) is 0 Å². The van der Waals surface area contributed by atoms with E-state index in [4.69, 9.17) is 4.74 Å². The van der Waals surface area contributed by atoms with E-state index in [9.17, 15) is 14.4 Å². The standard InChI is InChI=1S/C19H26N4O4/c1-4-27-17-15(6-5-9-20-17)19(26)22-10-13-7-8-14(11-22)23(18(13)25)12-16(24)21(2)3/h5-6,9,13-14H,4,7-8,10-12H2,1-3H3/t13-,14+/m0/s1. The molecule has 2 atom stereocenters. The van der Waals surface area contributed by atoms with Gasteiger partial charge in [0.25, 0.3) is 5.91 Å². The van der Waals surface area contributed by atoms with Crippen molar-refractivity contribution in [2.45, 2.75) is 25.8 Å². The third-order valence-electron chi connectivity index (χ3n) is 5.17. The van der Waals surface area contributed by atoms with E-state index in [0.29, 0.717) is 31.1 Å². The lowest BCUT2D eigenvalue weighted by molar-refractivity contribution is -0.145. The van der Waals surface area contributed by atoms with Crippen molar-refractivity contribution in [1.29, 1.82) is 0 Å². The summed E-state index contributed by atoms with van der Waals surface area (Å²) in [5.74, 6) is -0.285. The number of carbonyl (C=O) groups is 3. The van der Waals surface area contributed by atoms with Crippen LogP contribution in [0.15, 0.2) is 18.3 Å². The summed E-state index contributed by atoms with van der Waals surface area (Å²) in [6.07, 6.45) is 3.13. The largest absolute Gasteiger partial charge is 0.477 e. The van der Waals surface area contributed by atoms with E-state index in [0.717, 1.165) is 12.8 Å². The number of ether oxygens (including phenoxy) is 1. The molecule has 3 fully saturated rings. The average Bonchev–Trinajstić information content (AvgIpc) is 2.94. The second kappa shape index (κ2) is 7.94. The Bertz CT molecular complexity index is 736. The minimum Gasteiger partial charge on any atom is -0.477 e. The summed E-state index contributed by atoms with van der Waals surface area (Å²) in [6, 6.07) is 3.26. The van der Waals surface area contributed by atoms with Crippen molar-refractivity contribution in [2.75, 3.05) is 40.3 Å². The van der Waals surface area contributed by atoms with Gasteiger partial charge in [-0.05, 0) is 31.9 Å². The summed E-state index contributed by atoms with van der Waals surface area (Å²) in [4.78, 5) is 47.1. The number of hydrogen-bond donors (Lipinski definition) is 0. The molecule has 27 heavy (non-hydrogen) atoms. The molecule has 1 aromatic heterocycles. The van der Waals surface area contributed by atoms with E-state index in [2.05, 4.69) is 4.98 Å². The van der Waals surface area contributed by atoms with Gasteiger partial charge in [-0.3, -0.25) is 14.4 Å².